The fourth-order valence-electron chi connectivity index (χ4n) is 4.03. The number of hydrogen-bond donors (Lipinski definition) is 2. The third kappa shape index (κ3) is 2.16. The summed E-state index contributed by atoms with van der Waals surface area (Å²) in [4.78, 5) is 4.76. The molecule has 0 amide bonds. The summed E-state index contributed by atoms with van der Waals surface area (Å²) in [5, 5.41) is 3.41. The zero-order valence-electron chi connectivity index (χ0n) is 10.8. The molecule has 0 aromatic carbocycles. The normalized spacial score (nSPS) is 32.9. The van der Waals surface area contributed by atoms with Gasteiger partial charge in [0.25, 0.3) is 0 Å². The molecule has 3 saturated carbocycles. The highest BCUT2D eigenvalue weighted by molar-refractivity contribution is 5.78. The molecule has 0 bridgehead atoms. The average molecular weight is 235 g/mol. The molecule has 96 valence electrons. The van der Waals surface area contributed by atoms with Crippen LogP contribution in [0, 0.1) is 5.41 Å². The molecule has 1 spiro atoms. The predicted molar refractivity (Wildman–Crippen MR) is 70.9 cm³/mol. The van der Waals surface area contributed by atoms with Crippen LogP contribution in [0.1, 0.15) is 64.2 Å². The lowest BCUT2D eigenvalue weighted by Gasteiger charge is -2.45. The van der Waals surface area contributed by atoms with E-state index in [1.54, 1.807) is 0 Å². The van der Waals surface area contributed by atoms with Gasteiger partial charge >= 0.3 is 0 Å². The first-order chi connectivity index (χ1) is 8.28. The van der Waals surface area contributed by atoms with Crippen molar-refractivity contribution in [2.24, 2.45) is 16.1 Å². The Morgan fingerprint density at radius 1 is 1.00 bits per heavy atom. The second-order valence-corrected chi connectivity index (χ2v) is 6.26. The zero-order valence-corrected chi connectivity index (χ0v) is 10.8. The quantitative estimate of drug-likeness (QED) is 0.571. The first kappa shape index (κ1) is 11.4. The Balaban J connectivity index is 1.57. The molecule has 0 aromatic rings. The van der Waals surface area contributed by atoms with Crippen molar-refractivity contribution in [3.05, 3.63) is 0 Å². The van der Waals surface area contributed by atoms with Gasteiger partial charge in [-0.1, -0.05) is 25.7 Å². The summed E-state index contributed by atoms with van der Waals surface area (Å²) in [6.45, 7) is 0. The highest BCUT2D eigenvalue weighted by atomic mass is 15.1. The molecule has 0 radical (unpaired) electrons. The number of nitrogens with zero attached hydrogens (tertiary/aromatic N) is 1. The SMILES string of the molecule is NC(=NC1CCC12CCCC2)NC1CCCC1. The second kappa shape index (κ2) is 4.51. The van der Waals surface area contributed by atoms with E-state index in [9.17, 15) is 0 Å². The Labute approximate surface area is 104 Å². The summed E-state index contributed by atoms with van der Waals surface area (Å²) in [6, 6.07) is 1.12. The van der Waals surface area contributed by atoms with Crippen LogP contribution < -0.4 is 11.1 Å². The minimum atomic E-state index is 0.527. The third-order valence-corrected chi connectivity index (χ3v) is 5.22. The standard InChI is InChI=1S/C14H25N3/c15-13(16-11-5-1-2-6-11)17-12-7-10-14(12)8-3-4-9-14/h11-12H,1-10H2,(H3,15,16,17). The molecule has 0 saturated heterocycles. The van der Waals surface area contributed by atoms with Crippen molar-refractivity contribution < 1.29 is 0 Å². The van der Waals surface area contributed by atoms with E-state index in [2.05, 4.69) is 5.32 Å². The van der Waals surface area contributed by atoms with Gasteiger partial charge in [-0.05, 0) is 43.9 Å². The molecule has 3 fully saturated rings. The Morgan fingerprint density at radius 3 is 2.29 bits per heavy atom. The second-order valence-electron chi connectivity index (χ2n) is 6.26. The van der Waals surface area contributed by atoms with E-state index < -0.39 is 0 Å². The lowest BCUT2D eigenvalue weighted by molar-refractivity contribution is 0.104. The average Bonchev–Trinajstić information content (AvgIpc) is 2.95. The summed E-state index contributed by atoms with van der Waals surface area (Å²) in [6.07, 6.45) is 13.5. The fraction of sp³-hybridized carbons (Fsp3) is 0.929. The molecular weight excluding hydrogens is 210 g/mol. The summed E-state index contributed by atoms with van der Waals surface area (Å²) in [5.41, 5.74) is 6.61. The van der Waals surface area contributed by atoms with Crippen LogP contribution in [-0.2, 0) is 0 Å². The molecular formula is C14H25N3. The van der Waals surface area contributed by atoms with Gasteiger partial charge in [-0.2, -0.15) is 0 Å². The van der Waals surface area contributed by atoms with E-state index >= 15 is 0 Å². The fourth-order valence-corrected chi connectivity index (χ4v) is 4.03. The lowest BCUT2D eigenvalue weighted by Crippen LogP contribution is -2.46. The van der Waals surface area contributed by atoms with Crippen molar-refractivity contribution in [3.63, 3.8) is 0 Å². The molecule has 3 rings (SSSR count). The van der Waals surface area contributed by atoms with Gasteiger partial charge in [-0.3, -0.25) is 0 Å². The van der Waals surface area contributed by atoms with Gasteiger partial charge in [0.2, 0.25) is 0 Å². The summed E-state index contributed by atoms with van der Waals surface area (Å²) < 4.78 is 0. The van der Waals surface area contributed by atoms with Crippen LogP contribution in [0.5, 0.6) is 0 Å². The van der Waals surface area contributed by atoms with Crippen LogP contribution in [0.15, 0.2) is 4.99 Å². The number of nitrogens with one attached hydrogen (secondary N) is 1. The van der Waals surface area contributed by atoms with Crippen molar-refractivity contribution in [2.45, 2.75) is 76.3 Å². The molecule has 17 heavy (non-hydrogen) atoms. The van der Waals surface area contributed by atoms with Crippen LogP contribution in [0.2, 0.25) is 0 Å². The van der Waals surface area contributed by atoms with E-state index in [1.165, 1.54) is 64.2 Å². The van der Waals surface area contributed by atoms with Crippen LogP contribution in [0.25, 0.3) is 0 Å². The first-order valence-electron chi connectivity index (χ1n) is 7.38. The smallest absolute Gasteiger partial charge is 0.189 e. The van der Waals surface area contributed by atoms with Crippen molar-refractivity contribution in [2.75, 3.05) is 0 Å². The number of hydrogen-bond acceptors (Lipinski definition) is 1. The number of rotatable bonds is 2. The molecule has 0 heterocycles. The number of aliphatic imine (C=N–C) groups is 1. The Bertz CT molecular complexity index is 299. The Morgan fingerprint density at radius 2 is 1.71 bits per heavy atom. The van der Waals surface area contributed by atoms with E-state index in [0.717, 1.165) is 0 Å². The van der Waals surface area contributed by atoms with Crippen molar-refractivity contribution in [1.29, 1.82) is 0 Å². The first-order valence-corrected chi connectivity index (χ1v) is 7.38. The van der Waals surface area contributed by atoms with Gasteiger partial charge in [-0.25, -0.2) is 4.99 Å². The summed E-state index contributed by atoms with van der Waals surface area (Å²) in [5.74, 6) is 0.716. The highest BCUT2D eigenvalue weighted by Gasteiger charge is 2.48. The molecule has 0 aromatic heterocycles. The molecule has 0 aliphatic heterocycles. The highest BCUT2D eigenvalue weighted by Crippen LogP contribution is 2.54. The molecule has 3 aliphatic rings. The maximum absolute atomic E-state index is 6.05. The van der Waals surface area contributed by atoms with Gasteiger partial charge in [0.1, 0.15) is 0 Å². The van der Waals surface area contributed by atoms with Gasteiger partial charge in [0, 0.05) is 6.04 Å². The summed E-state index contributed by atoms with van der Waals surface area (Å²) >= 11 is 0. The maximum Gasteiger partial charge on any atom is 0.189 e. The van der Waals surface area contributed by atoms with Crippen molar-refractivity contribution in [1.82, 2.24) is 5.32 Å². The predicted octanol–water partition coefficient (Wildman–Crippen LogP) is 2.56. The zero-order chi connectivity index (χ0) is 11.7. The topological polar surface area (TPSA) is 50.4 Å². The van der Waals surface area contributed by atoms with E-state index in [4.69, 9.17) is 10.7 Å². The minimum absolute atomic E-state index is 0.527. The van der Waals surface area contributed by atoms with Crippen molar-refractivity contribution >= 4 is 5.96 Å². The number of nitrogens with two attached hydrogens (primary N) is 1. The van der Waals surface area contributed by atoms with Crippen LogP contribution in [-0.4, -0.2) is 18.0 Å². The monoisotopic (exact) mass is 235 g/mol. The molecule has 1 atom stereocenters. The van der Waals surface area contributed by atoms with E-state index in [0.29, 0.717) is 23.5 Å². The van der Waals surface area contributed by atoms with Gasteiger partial charge in [0.15, 0.2) is 5.96 Å². The molecule has 1 unspecified atom stereocenters. The largest absolute Gasteiger partial charge is 0.370 e. The van der Waals surface area contributed by atoms with Crippen molar-refractivity contribution in [3.8, 4) is 0 Å². The van der Waals surface area contributed by atoms with Gasteiger partial charge < -0.3 is 11.1 Å². The lowest BCUT2D eigenvalue weighted by atomic mass is 9.63. The third-order valence-electron chi connectivity index (χ3n) is 5.22. The van der Waals surface area contributed by atoms with Crippen LogP contribution >= 0.6 is 0 Å². The van der Waals surface area contributed by atoms with Gasteiger partial charge in [-0.15, -0.1) is 0 Å². The minimum Gasteiger partial charge on any atom is -0.370 e. The Hall–Kier alpha value is -0.730. The Kier molecular flexibility index (Phi) is 3.01. The van der Waals surface area contributed by atoms with Gasteiger partial charge in [0.05, 0.1) is 6.04 Å². The van der Waals surface area contributed by atoms with Crippen LogP contribution in [0.3, 0.4) is 0 Å². The number of guanidine groups is 1. The van der Waals surface area contributed by atoms with E-state index in [-0.39, 0.29) is 0 Å². The molecule has 3 aliphatic carbocycles. The maximum atomic E-state index is 6.05. The molecule has 3 heteroatoms. The molecule has 3 nitrogen and oxygen atoms in total. The summed E-state index contributed by atoms with van der Waals surface area (Å²) in [7, 11) is 0. The molecule has 3 N–H and O–H groups in total. The van der Waals surface area contributed by atoms with Crippen LogP contribution in [0.4, 0.5) is 0 Å². The van der Waals surface area contributed by atoms with E-state index in [1.807, 2.05) is 0 Å².